The first kappa shape index (κ1) is 13.8. The predicted octanol–water partition coefficient (Wildman–Crippen LogP) is 3.59. The van der Waals surface area contributed by atoms with Gasteiger partial charge in [-0.25, -0.2) is 0 Å². The second-order valence-electron chi connectivity index (χ2n) is 5.64. The largest absolute Gasteiger partial charge is 0.312 e. The maximum absolute atomic E-state index is 3.45. The lowest BCUT2D eigenvalue weighted by atomic mass is 9.98. The Balaban J connectivity index is 1.71. The van der Waals surface area contributed by atoms with E-state index in [4.69, 9.17) is 0 Å². The van der Waals surface area contributed by atoms with E-state index in [1.807, 2.05) is 11.3 Å². The molecule has 20 heavy (non-hydrogen) atoms. The summed E-state index contributed by atoms with van der Waals surface area (Å²) in [6.45, 7) is 5.42. The van der Waals surface area contributed by atoms with E-state index in [0.29, 0.717) is 6.04 Å². The van der Waals surface area contributed by atoms with E-state index in [-0.39, 0.29) is 0 Å². The molecule has 1 atom stereocenters. The third kappa shape index (κ3) is 2.95. The Labute approximate surface area is 125 Å². The number of hydrogen-bond acceptors (Lipinski definition) is 3. The van der Waals surface area contributed by atoms with Crippen LogP contribution in [0.25, 0.3) is 0 Å². The van der Waals surface area contributed by atoms with Gasteiger partial charge in [-0.2, -0.15) is 0 Å². The Morgan fingerprint density at radius 3 is 3.00 bits per heavy atom. The average Bonchev–Trinajstić information content (AvgIpc) is 3.00. The maximum atomic E-state index is 3.45. The molecule has 106 valence electrons. The summed E-state index contributed by atoms with van der Waals surface area (Å²) in [4.78, 5) is 3.86. The van der Waals surface area contributed by atoms with Crippen molar-refractivity contribution in [2.45, 2.75) is 32.5 Å². The third-order valence-corrected chi connectivity index (χ3v) is 5.25. The minimum Gasteiger partial charge on any atom is -0.312 e. The van der Waals surface area contributed by atoms with Crippen molar-refractivity contribution in [3.05, 3.63) is 57.3 Å². The lowest BCUT2D eigenvalue weighted by Gasteiger charge is -2.25. The quantitative estimate of drug-likeness (QED) is 0.924. The Bertz CT molecular complexity index is 562. The van der Waals surface area contributed by atoms with Gasteiger partial charge in [0.1, 0.15) is 0 Å². The number of nitrogens with one attached hydrogen (secondary N) is 1. The van der Waals surface area contributed by atoms with E-state index in [1.165, 1.54) is 21.6 Å². The van der Waals surface area contributed by atoms with Crippen LogP contribution in [0.5, 0.6) is 0 Å². The number of rotatable bonds is 4. The highest BCUT2D eigenvalue weighted by Crippen LogP contribution is 2.25. The molecule has 3 rings (SSSR count). The number of hydrogen-bond donors (Lipinski definition) is 1. The molecule has 1 aromatic heterocycles. The molecule has 1 unspecified atom stereocenters. The van der Waals surface area contributed by atoms with Gasteiger partial charge in [-0.1, -0.05) is 24.3 Å². The van der Waals surface area contributed by atoms with E-state index >= 15 is 0 Å². The van der Waals surface area contributed by atoms with Crippen molar-refractivity contribution in [2.24, 2.45) is 0 Å². The SMILES string of the molecule is CC(c1cccs1)N(C)Cc1ccc2c(c1)CNCC2. The molecule has 2 aromatic rings. The van der Waals surface area contributed by atoms with Crippen molar-refractivity contribution in [2.75, 3.05) is 13.6 Å². The standard InChI is InChI=1S/C17H22N2S/c1-13(17-4-3-9-20-17)19(2)12-14-5-6-15-7-8-18-11-16(15)10-14/h3-6,9-10,13,18H,7-8,11-12H2,1-2H3. The molecule has 0 aliphatic carbocycles. The van der Waals surface area contributed by atoms with Gasteiger partial charge in [0, 0.05) is 24.0 Å². The summed E-state index contributed by atoms with van der Waals surface area (Å²) in [6, 6.07) is 11.8. The van der Waals surface area contributed by atoms with Crippen LogP contribution in [0.4, 0.5) is 0 Å². The van der Waals surface area contributed by atoms with Crippen LogP contribution in [0.1, 0.15) is 34.5 Å². The normalized spacial score (nSPS) is 16.1. The van der Waals surface area contributed by atoms with E-state index < -0.39 is 0 Å². The molecular weight excluding hydrogens is 264 g/mol. The molecule has 2 heterocycles. The highest BCUT2D eigenvalue weighted by molar-refractivity contribution is 7.10. The predicted molar refractivity (Wildman–Crippen MR) is 86.1 cm³/mol. The van der Waals surface area contributed by atoms with Crippen molar-refractivity contribution in [1.82, 2.24) is 10.2 Å². The van der Waals surface area contributed by atoms with Crippen molar-refractivity contribution >= 4 is 11.3 Å². The number of benzene rings is 1. The van der Waals surface area contributed by atoms with E-state index in [2.05, 4.69) is 59.9 Å². The molecule has 3 heteroatoms. The Morgan fingerprint density at radius 2 is 2.20 bits per heavy atom. The van der Waals surface area contributed by atoms with Gasteiger partial charge in [0.25, 0.3) is 0 Å². The van der Waals surface area contributed by atoms with Gasteiger partial charge in [0.05, 0.1) is 0 Å². The zero-order valence-electron chi connectivity index (χ0n) is 12.2. The van der Waals surface area contributed by atoms with Crippen LogP contribution >= 0.6 is 11.3 Å². The smallest absolute Gasteiger partial charge is 0.0413 e. The molecule has 0 radical (unpaired) electrons. The van der Waals surface area contributed by atoms with Crippen LogP contribution in [0.15, 0.2) is 35.7 Å². The van der Waals surface area contributed by atoms with Crippen LogP contribution in [-0.2, 0) is 19.5 Å². The zero-order valence-corrected chi connectivity index (χ0v) is 13.0. The van der Waals surface area contributed by atoms with Crippen molar-refractivity contribution < 1.29 is 0 Å². The van der Waals surface area contributed by atoms with E-state index in [1.54, 1.807) is 0 Å². The Hall–Kier alpha value is -1.16. The number of fused-ring (bicyclic) bond motifs is 1. The zero-order chi connectivity index (χ0) is 13.9. The monoisotopic (exact) mass is 286 g/mol. The van der Waals surface area contributed by atoms with Crippen molar-refractivity contribution in [1.29, 1.82) is 0 Å². The first-order chi connectivity index (χ1) is 9.74. The third-order valence-electron chi connectivity index (χ3n) is 4.21. The molecule has 1 N–H and O–H groups in total. The Kier molecular flexibility index (Phi) is 4.20. The van der Waals surface area contributed by atoms with Gasteiger partial charge in [0.2, 0.25) is 0 Å². The van der Waals surface area contributed by atoms with Crippen LogP contribution in [0.2, 0.25) is 0 Å². The molecule has 1 aliphatic heterocycles. The van der Waals surface area contributed by atoms with Crippen molar-refractivity contribution in [3.63, 3.8) is 0 Å². The summed E-state index contributed by atoms with van der Waals surface area (Å²) in [5.41, 5.74) is 4.41. The van der Waals surface area contributed by atoms with E-state index in [9.17, 15) is 0 Å². The van der Waals surface area contributed by atoms with Gasteiger partial charge in [-0.05, 0) is 55.1 Å². The summed E-state index contributed by atoms with van der Waals surface area (Å²) in [5, 5.41) is 5.61. The van der Waals surface area contributed by atoms with Crippen molar-refractivity contribution in [3.8, 4) is 0 Å². The van der Waals surface area contributed by atoms with Crippen LogP contribution in [-0.4, -0.2) is 18.5 Å². The van der Waals surface area contributed by atoms with Crippen LogP contribution in [0, 0.1) is 0 Å². The first-order valence-electron chi connectivity index (χ1n) is 7.29. The highest BCUT2D eigenvalue weighted by atomic mass is 32.1. The fraction of sp³-hybridized carbons (Fsp3) is 0.412. The summed E-state index contributed by atoms with van der Waals surface area (Å²) >= 11 is 1.84. The summed E-state index contributed by atoms with van der Waals surface area (Å²) in [5.74, 6) is 0. The number of nitrogens with zero attached hydrogens (tertiary/aromatic N) is 1. The van der Waals surface area contributed by atoms with E-state index in [0.717, 1.165) is 26.1 Å². The fourth-order valence-electron chi connectivity index (χ4n) is 2.80. The molecule has 0 spiro atoms. The highest BCUT2D eigenvalue weighted by Gasteiger charge is 2.14. The molecule has 1 aliphatic rings. The lowest BCUT2D eigenvalue weighted by Crippen LogP contribution is -2.24. The average molecular weight is 286 g/mol. The molecule has 0 amide bonds. The second-order valence-corrected chi connectivity index (χ2v) is 6.62. The molecular formula is C17H22N2S. The van der Waals surface area contributed by atoms with Gasteiger partial charge < -0.3 is 5.32 Å². The minimum atomic E-state index is 0.476. The topological polar surface area (TPSA) is 15.3 Å². The van der Waals surface area contributed by atoms with Gasteiger partial charge in [-0.3, -0.25) is 4.90 Å². The summed E-state index contributed by atoms with van der Waals surface area (Å²) < 4.78 is 0. The molecule has 0 fully saturated rings. The minimum absolute atomic E-state index is 0.476. The maximum Gasteiger partial charge on any atom is 0.0413 e. The van der Waals surface area contributed by atoms with Gasteiger partial charge in [-0.15, -0.1) is 11.3 Å². The molecule has 0 saturated heterocycles. The molecule has 0 saturated carbocycles. The molecule has 0 bridgehead atoms. The number of thiophene rings is 1. The molecule has 2 nitrogen and oxygen atoms in total. The summed E-state index contributed by atoms with van der Waals surface area (Å²) in [7, 11) is 2.21. The van der Waals surface area contributed by atoms with Gasteiger partial charge in [0.15, 0.2) is 0 Å². The van der Waals surface area contributed by atoms with Gasteiger partial charge >= 0.3 is 0 Å². The Morgan fingerprint density at radius 1 is 1.30 bits per heavy atom. The fourth-order valence-corrected chi connectivity index (χ4v) is 3.65. The van der Waals surface area contributed by atoms with Crippen LogP contribution < -0.4 is 5.32 Å². The lowest BCUT2D eigenvalue weighted by molar-refractivity contribution is 0.256. The second kappa shape index (κ2) is 6.08. The van der Waals surface area contributed by atoms with Crippen LogP contribution in [0.3, 0.4) is 0 Å². The summed E-state index contributed by atoms with van der Waals surface area (Å²) in [6.07, 6.45) is 1.16. The first-order valence-corrected chi connectivity index (χ1v) is 8.17. The molecule has 1 aromatic carbocycles.